The van der Waals surface area contributed by atoms with Gasteiger partial charge in [0.05, 0.1) is 36.8 Å². The molecule has 48 heavy (non-hydrogen) atoms. The molecule has 0 radical (unpaired) electrons. The van der Waals surface area contributed by atoms with Gasteiger partial charge in [-0.25, -0.2) is 23.8 Å². The van der Waals surface area contributed by atoms with E-state index in [1.807, 2.05) is 12.1 Å². The first-order valence-electron chi connectivity index (χ1n) is 16.8. The lowest BCUT2D eigenvalue weighted by atomic mass is 10.0. The Morgan fingerprint density at radius 2 is 1.62 bits per heavy atom. The van der Waals surface area contributed by atoms with Crippen LogP contribution in [0, 0.1) is 11.6 Å². The molecule has 4 aliphatic rings. The first-order valence-corrected chi connectivity index (χ1v) is 16.8. The number of hydrogen-bond donors (Lipinski definition) is 2. The van der Waals surface area contributed by atoms with E-state index in [2.05, 4.69) is 41.9 Å². The van der Waals surface area contributed by atoms with Crippen molar-refractivity contribution in [2.75, 3.05) is 73.6 Å². The van der Waals surface area contributed by atoms with E-state index in [-0.39, 0.29) is 18.1 Å². The summed E-state index contributed by atoms with van der Waals surface area (Å²) in [5.74, 6) is -0.305. The van der Waals surface area contributed by atoms with Crippen LogP contribution in [0.4, 0.5) is 37.5 Å². The standard InChI is InChI=1S/C35H42F2N8O3/c1-3-34(46)41-27-19-28(40-32-21-33(39-22-38-32)45-29(11-18-48-45)35-25(36)5-4-6-26(35)37)31(47-2)20-30(27)44-12-9-24(10-13-44)43-16-14-42(15-17-43)23-7-8-23/h3-6,19-24,29H,1,7-18H2,2H3,(H,41,46)(H,38,39,40). The summed E-state index contributed by atoms with van der Waals surface area (Å²) in [7, 11) is 1.59. The lowest BCUT2D eigenvalue weighted by Gasteiger charge is -2.43. The van der Waals surface area contributed by atoms with Gasteiger partial charge in [-0.3, -0.25) is 19.4 Å². The van der Waals surface area contributed by atoms with Crippen molar-refractivity contribution in [1.29, 1.82) is 0 Å². The molecule has 3 aliphatic heterocycles. The number of piperidine rings is 1. The maximum atomic E-state index is 14.7. The summed E-state index contributed by atoms with van der Waals surface area (Å²) in [6.07, 6.45) is 7.78. The van der Waals surface area contributed by atoms with Crippen LogP contribution in [0.5, 0.6) is 5.75 Å². The van der Waals surface area contributed by atoms with Crippen LogP contribution < -0.4 is 25.3 Å². The Morgan fingerprint density at radius 3 is 2.27 bits per heavy atom. The summed E-state index contributed by atoms with van der Waals surface area (Å²) < 4.78 is 35.2. The molecule has 1 aromatic heterocycles. The number of nitrogens with one attached hydrogen (secondary N) is 2. The fourth-order valence-electron chi connectivity index (χ4n) is 7.22. The zero-order valence-electron chi connectivity index (χ0n) is 27.2. The molecule has 2 aromatic carbocycles. The average molecular weight is 661 g/mol. The molecule has 1 atom stereocenters. The van der Waals surface area contributed by atoms with E-state index in [1.54, 1.807) is 13.2 Å². The zero-order chi connectivity index (χ0) is 33.2. The minimum absolute atomic E-state index is 0.0665. The number of aromatic nitrogens is 2. The SMILES string of the molecule is C=CC(=O)Nc1cc(Nc2cc(N3OCCC3c3c(F)cccc3F)ncn2)c(OC)cc1N1CCC(N2CCN(C3CC3)CC2)CC1. The highest BCUT2D eigenvalue weighted by Gasteiger charge is 2.35. The third-order valence-corrected chi connectivity index (χ3v) is 9.87. The van der Waals surface area contributed by atoms with Crippen molar-refractivity contribution in [3.63, 3.8) is 0 Å². The Kier molecular flexibility index (Phi) is 9.42. The third kappa shape index (κ3) is 6.80. The van der Waals surface area contributed by atoms with Gasteiger partial charge in [-0.05, 0) is 50.0 Å². The molecular formula is C35H42F2N8O3. The van der Waals surface area contributed by atoms with Gasteiger partial charge in [0, 0.05) is 75.5 Å². The first kappa shape index (κ1) is 32.2. The van der Waals surface area contributed by atoms with Crippen molar-refractivity contribution in [2.24, 2.45) is 0 Å². The highest BCUT2D eigenvalue weighted by molar-refractivity contribution is 6.02. The quantitative estimate of drug-likeness (QED) is 0.280. The number of carbonyl (C=O) groups excluding carboxylic acids is 1. The van der Waals surface area contributed by atoms with E-state index in [0.717, 1.165) is 63.8 Å². The molecule has 3 aromatic rings. The highest BCUT2D eigenvalue weighted by Crippen LogP contribution is 2.41. The van der Waals surface area contributed by atoms with Gasteiger partial charge in [0.25, 0.3) is 0 Å². The number of methoxy groups -OCH3 is 1. The fraction of sp³-hybridized carbons (Fsp3) is 0.457. The largest absolute Gasteiger partial charge is 0.494 e. The Hall–Kier alpha value is -4.33. The minimum Gasteiger partial charge on any atom is -0.494 e. The smallest absolute Gasteiger partial charge is 0.247 e. The molecular weight excluding hydrogens is 618 g/mol. The number of hydroxylamine groups is 1. The van der Waals surface area contributed by atoms with E-state index in [9.17, 15) is 13.6 Å². The van der Waals surface area contributed by atoms with Crippen LogP contribution >= 0.6 is 0 Å². The molecule has 1 saturated carbocycles. The van der Waals surface area contributed by atoms with E-state index in [1.165, 1.54) is 48.5 Å². The normalized spacial score (nSPS) is 20.9. The van der Waals surface area contributed by atoms with Crippen LogP contribution in [0.2, 0.25) is 0 Å². The summed E-state index contributed by atoms with van der Waals surface area (Å²) in [5, 5.41) is 7.68. The summed E-state index contributed by atoms with van der Waals surface area (Å²) in [6.45, 7) is 10.2. The van der Waals surface area contributed by atoms with Gasteiger partial charge >= 0.3 is 0 Å². The molecule has 13 heteroatoms. The highest BCUT2D eigenvalue weighted by atomic mass is 19.1. The molecule has 3 saturated heterocycles. The number of nitrogens with zero attached hydrogens (tertiary/aromatic N) is 6. The number of carbonyl (C=O) groups is 1. The lowest BCUT2D eigenvalue weighted by Crippen LogP contribution is -2.53. The zero-order valence-corrected chi connectivity index (χ0v) is 27.2. The predicted molar refractivity (Wildman–Crippen MR) is 181 cm³/mol. The Bertz CT molecular complexity index is 1620. The maximum Gasteiger partial charge on any atom is 0.247 e. The number of anilines is 5. The molecule has 1 aliphatic carbocycles. The summed E-state index contributed by atoms with van der Waals surface area (Å²) in [4.78, 5) is 34.6. The third-order valence-electron chi connectivity index (χ3n) is 9.87. The van der Waals surface area contributed by atoms with Gasteiger partial charge in [0.15, 0.2) is 5.82 Å². The second-order valence-corrected chi connectivity index (χ2v) is 12.8. The van der Waals surface area contributed by atoms with Crippen LogP contribution in [0.15, 0.2) is 55.4 Å². The topological polar surface area (TPSA) is 98.3 Å². The van der Waals surface area contributed by atoms with Crippen molar-refractivity contribution in [3.05, 3.63) is 72.6 Å². The number of rotatable bonds is 10. The van der Waals surface area contributed by atoms with E-state index < -0.39 is 17.7 Å². The summed E-state index contributed by atoms with van der Waals surface area (Å²) >= 11 is 0. The molecule has 1 amide bonds. The van der Waals surface area contributed by atoms with Crippen molar-refractivity contribution in [2.45, 2.75) is 50.2 Å². The van der Waals surface area contributed by atoms with Crippen LogP contribution in [-0.2, 0) is 9.63 Å². The van der Waals surface area contributed by atoms with Crippen LogP contribution in [0.3, 0.4) is 0 Å². The average Bonchev–Trinajstić information content (AvgIpc) is 3.85. The molecule has 7 rings (SSSR count). The summed E-state index contributed by atoms with van der Waals surface area (Å²) in [6, 6.07) is 9.89. The van der Waals surface area contributed by atoms with Crippen LogP contribution in [0.1, 0.15) is 43.7 Å². The number of ether oxygens (including phenoxy) is 1. The van der Waals surface area contributed by atoms with Gasteiger partial charge in [0.1, 0.15) is 29.5 Å². The summed E-state index contributed by atoms with van der Waals surface area (Å²) in [5.41, 5.74) is 1.98. The van der Waals surface area contributed by atoms with Gasteiger partial charge in [0.2, 0.25) is 5.91 Å². The van der Waals surface area contributed by atoms with Crippen molar-refractivity contribution < 1.29 is 23.1 Å². The van der Waals surface area contributed by atoms with E-state index in [0.29, 0.717) is 41.2 Å². The van der Waals surface area contributed by atoms with Crippen molar-refractivity contribution in [1.82, 2.24) is 19.8 Å². The fourth-order valence-corrected chi connectivity index (χ4v) is 7.22. The number of amides is 1. The van der Waals surface area contributed by atoms with Crippen LogP contribution in [0.25, 0.3) is 0 Å². The van der Waals surface area contributed by atoms with Gasteiger partial charge in [-0.1, -0.05) is 12.6 Å². The van der Waals surface area contributed by atoms with Crippen molar-refractivity contribution >= 4 is 34.6 Å². The number of halogens is 2. The Balaban J connectivity index is 1.09. The molecule has 0 bridgehead atoms. The van der Waals surface area contributed by atoms with E-state index >= 15 is 0 Å². The Labute approximate surface area is 279 Å². The molecule has 254 valence electrons. The number of hydrogen-bond acceptors (Lipinski definition) is 10. The van der Waals surface area contributed by atoms with Gasteiger partial charge in [-0.15, -0.1) is 0 Å². The lowest BCUT2D eigenvalue weighted by molar-refractivity contribution is -0.111. The van der Waals surface area contributed by atoms with Gasteiger partial charge < -0.3 is 20.3 Å². The van der Waals surface area contributed by atoms with Gasteiger partial charge in [-0.2, -0.15) is 0 Å². The Morgan fingerprint density at radius 1 is 0.938 bits per heavy atom. The molecule has 2 N–H and O–H groups in total. The molecule has 4 heterocycles. The molecule has 4 fully saturated rings. The molecule has 0 spiro atoms. The monoisotopic (exact) mass is 660 g/mol. The van der Waals surface area contributed by atoms with Crippen LogP contribution in [-0.4, -0.2) is 90.7 Å². The molecule has 11 nitrogen and oxygen atoms in total. The second kappa shape index (κ2) is 14.0. The predicted octanol–water partition coefficient (Wildman–Crippen LogP) is 5.26. The minimum atomic E-state index is -0.694. The van der Waals surface area contributed by atoms with E-state index in [4.69, 9.17) is 9.57 Å². The number of benzene rings is 2. The number of piperazine rings is 1. The maximum absolute atomic E-state index is 14.7. The second-order valence-electron chi connectivity index (χ2n) is 12.8. The first-order chi connectivity index (χ1) is 23.4. The molecule has 1 unspecified atom stereocenters. The van der Waals surface area contributed by atoms with Crippen molar-refractivity contribution in [3.8, 4) is 5.75 Å².